The highest BCUT2D eigenvalue weighted by molar-refractivity contribution is 5.38. The molecule has 1 saturated heterocycles. The summed E-state index contributed by atoms with van der Waals surface area (Å²) in [6.07, 6.45) is 10.4. The number of imidazole rings is 1. The van der Waals surface area contributed by atoms with Gasteiger partial charge in [-0.2, -0.15) is 4.98 Å². The lowest BCUT2D eigenvalue weighted by Gasteiger charge is -2.38. The molecular weight excluding hydrogens is 266 g/mol. The number of hydrogen-bond acceptors (Lipinski definition) is 5. The van der Waals surface area contributed by atoms with Gasteiger partial charge in [0.05, 0.1) is 31.4 Å². The Bertz CT molecular complexity index is 571. The van der Waals surface area contributed by atoms with E-state index in [9.17, 15) is 0 Å². The fourth-order valence-corrected chi connectivity index (χ4v) is 2.82. The highest BCUT2D eigenvalue weighted by Crippen LogP contribution is 2.30. The maximum atomic E-state index is 5.44. The molecule has 0 N–H and O–H groups in total. The van der Waals surface area contributed by atoms with Crippen molar-refractivity contribution in [2.45, 2.75) is 26.3 Å². The number of hydrogen-bond donors (Lipinski definition) is 0. The van der Waals surface area contributed by atoms with Crippen LogP contribution >= 0.6 is 0 Å². The van der Waals surface area contributed by atoms with E-state index in [1.54, 1.807) is 6.20 Å². The van der Waals surface area contributed by atoms with Gasteiger partial charge in [-0.15, -0.1) is 0 Å². The van der Waals surface area contributed by atoms with Crippen molar-refractivity contribution in [1.29, 1.82) is 0 Å². The van der Waals surface area contributed by atoms with Gasteiger partial charge in [-0.3, -0.25) is 4.98 Å². The first-order valence-corrected chi connectivity index (χ1v) is 7.45. The van der Waals surface area contributed by atoms with E-state index >= 15 is 0 Å². The molecule has 2 atom stereocenters. The van der Waals surface area contributed by atoms with Crippen LogP contribution in [0.25, 0.3) is 0 Å². The molecule has 2 unspecified atom stereocenters. The molecule has 2 aromatic rings. The predicted molar refractivity (Wildman–Crippen MR) is 80.5 cm³/mol. The van der Waals surface area contributed by atoms with Crippen LogP contribution in [0, 0.1) is 5.92 Å². The average molecular weight is 287 g/mol. The van der Waals surface area contributed by atoms with Gasteiger partial charge in [0.25, 0.3) is 0 Å². The fourth-order valence-electron chi connectivity index (χ4n) is 2.82. The molecule has 21 heavy (non-hydrogen) atoms. The monoisotopic (exact) mass is 287 g/mol. The molecule has 0 radical (unpaired) electrons. The minimum Gasteiger partial charge on any atom is -0.477 e. The van der Waals surface area contributed by atoms with E-state index in [-0.39, 0.29) is 0 Å². The van der Waals surface area contributed by atoms with Gasteiger partial charge in [0.15, 0.2) is 5.82 Å². The van der Waals surface area contributed by atoms with Crippen LogP contribution in [0.5, 0.6) is 5.88 Å². The largest absolute Gasteiger partial charge is 0.477 e. The number of anilines is 1. The minimum atomic E-state index is 0.416. The molecule has 0 spiro atoms. The molecule has 1 aliphatic heterocycles. The van der Waals surface area contributed by atoms with E-state index in [0.29, 0.717) is 24.4 Å². The Hall–Kier alpha value is -2.11. The lowest BCUT2D eigenvalue weighted by Crippen LogP contribution is -2.41. The van der Waals surface area contributed by atoms with Gasteiger partial charge >= 0.3 is 0 Å². The molecule has 0 aromatic carbocycles. The Kier molecular flexibility index (Phi) is 4.03. The Morgan fingerprint density at radius 3 is 3.00 bits per heavy atom. The Balaban J connectivity index is 1.78. The van der Waals surface area contributed by atoms with Crippen LogP contribution in [-0.2, 0) is 0 Å². The summed E-state index contributed by atoms with van der Waals surface area (Å²) in [5.41, 5.74) is 0. The number of piperidine rings is 1. The fraction of sp³-hybridized carbons (Fsp3) is 0.533. The maximum absolute atomic E-state index is 5.44. The van der Waals surface area contributed by atoms with Gasteiger partial charge in [-0.1, -0.05) is 6.92 Å². The molecule has 112 valence electrons. The van der Waals surface area contributed by atoms with Gasteiger partial charge in [0.1, 0.15) is 0 Å². The quantitative estimate of drug-likeness (QED) is 0.862. The normalized spacial score (nSPS) is 22.3. The van der Waals surface area contributed by atoms with Crippen molar-refractivity contribution in [3.8, 4) is 5.88 Å². The van der Waals surface area contributed by atoms with E-state index in [2.05, 4.69) is 31.3 Å². The van der Waals surface area contributed by atoms with Crippen molar-refractivity contribution in [3.05, 3.63) is 31.1 Å². The van der Waals surface area contributed by atoms with Gasteiger partial charge in [0.2, 0.25) is 5.88 Å². The van der Waals surface area contributed by atoms with E-state index in [0.717, 1.165) is 25.3 Å². The van der Waals surface area contributed by atoms with Gasteiger partial charge in [-0.25, -0.2) is 4.98 Å². The third-order valence-electron chi connectivity index (χ3n) is 4.04. The van der Waals surface area contributed by atoms with E-state index < -0.39 is 0 Å². The molecule has 0 bridgehead atoms. The molecule has 3 heterocycles. The SMILES string of the molecule is CCOc1cncc(N2CCC(C)C(n3ccnc3)C2)n1. The standard InChI is InChI=1S/C15H21N5O/c1-3-21-15-9-17-8-14(18-15)19-6-4-12(2)13(10-19)20-7-5-16-11-20/h5,7-9,11-13H,3-4,6,10H2,1-2H3. The van der Waals surface area contributed by atoms with Crippen LogP contribution in [0.4, 0.5) is 5.82 Å². The summed E-state index contributed by atoms with van der Waals surface area (Å²) >= 11 is 0. The van der Waals surface area contributed by atoms with Crippen LogP contribution in [0.15, 0.2) is 31.1 Å². The van der Waals surface area contributed by atoms with Gasteiger partial charge < -0.3 is 14.2 Å². The summed E-state index contributed by atoms with van der Waals surface area (Å²) in [5, 5.41) is 0. The zero-order valence-electron chi connectivity index (χ0n) is 12.5. The average Bonchev–Trinajstić information content (AvgIpc) is 3.02. The third-order valence-corrected chi connectivity index (χ3v) is 4.04. The zero-order chi connectivity index (χ0) is 14.7. The van der Waals surface area contributed by atoms with E-state index in [1.807, 2.05) is 31.8 Å². The van der Waals surface area contributed by atoms with Crippen molar-refractivity contribution in [3.63, 3.8) is 0 Å². The van der Waals surface area contributed by atoms with Crippen molar-refractivity contribution in [2.75, 3.05) is 24.6 Å². The number of nitrogens with zero attached hydrogens (tertiary/aromatic N) is 5. The van der Waals surface area contributed by atoms with Gasteiger partial charge in [-0.05, 0) is 19.3 Å². The lowest BCUT2D eigenvalue weighted by atomic mass is 9.93. The maximum Gasteiger partial charge on any atom is 0.234 e. The van der Waals surface area contributed by atoms with Crippen LogP contribution in [0.1, 0.15) is 26.3 Å². The molecule has 2 aromatic heterocycles. The Morgan fingerprint density at radius 2 is 2.24 bits per heavy atom. The van der Waals surface area contributed by atoms with Gasteiger partial charge in [0, 0.05) is 25.5 Å². The molecule has 1 aliphatic rings. The number of rotatable bonds is 4. The summed E-state index contributed by atoms with van der Waals surface area (Å²) < 4.78 is 7.63. The lowest BCUT2D eigenvalue weighted by molar-refractivity contribution is 0.295. The molecule has 0 aliphatic carbocycles. The summed E-state index contributed by atoms with van der Waals surface area (Å²) in [6.45, 7) is 6.77. The molecule has 6 nitrogen and oxygen atoms in total. The van der Waals surface area contributed by atoms with Crippen LogP contribution in [0.2, 0.25) is 0 Å². The molecule has 1 fully saturated rings. The third kappa shape index (κ3) is 2.99. The Morgan fingerprint density at radius 1 is 1.33 bits per heavy atom. The smallest absolute Gasteiger partial charge is 0.234 e. The second kappa shape index (κ2) is 6.11. The first-order chi connectivity index (χ1) is 10.3. The summed E-state index contributed by atoms with van der Waals surface area (Å²) in [6, 6.07) is 0.416. The molecule has 0 saturated carbocycles. The van der Waals surface area contributed by atoms with Crippen LogP contribution in [0.3, 0.4) is 0 Å². The van der Waals surface area contributed by atoms with E-state index in [4.69, 9.17) is 4.74 Å². The highest BCUT2D eigenvalue weighted by Gasteiger charge is 2.28. The van der Waals surface area contributed by atoms with Crippen LogP contribution < -0.4 is 9.64 Å². The zero-order valence-corrected chi connectivity index (χ0v) is 12.5. The first-order valence-electron chi connectivity index (χ1n) is 7.45. The second-order valence-corrected chi connectivity index (χ2v) is 5.44. The summed E-state index contributed by atoms with van der Waals surface area (Å²) in [4.78, 5) is 15.2. The van der Waals surface area contributed by atoms with Crippen molar-refractivity contribution >= 4 is 5.82 Å². The molecular formula is C15H21N5O. The minimum absolute atomic E-state index is 0.416. The predicted octanol–water partition coefficient (Wildman–Crippen LogP) is 2.16. The first kappa shape index (κ1) is 13.9. The molecule has 3 rings (SSSR count). The number of aromatic nitrogens is 4. The Labute approximate surface area is 124 Å². The molecule has 6 heteroatoms. The second-order valence-electron chi connectivity index (χ2n) is 5.44. The summed E-state index contributed by atoms with van der Waals surface area (Å²) in [5.74, 6) is 2.10. The van der Waals surface area contributed by atoms with E-state index in [1.165, 1.54) is 0 Å². The van der Waals surface area contributed by atoms with Crippen LogP contribution in [-0.4, -0.2) is 39.2 Å². The topological polar surface area (TPSA) is 56.1 Å². The van der Waals surface area contributed by atoms with Crippen molar-refractivity contribution in [1.82, 2.24) is 19.5 Å². The number of ether oxygens (including phenoxy) is 1. The highest BCUT2D eigenvalue weighted by atomic mass is 16.5. The summed E-state index contributed by atoms with van der Waals surface area (Å²) in [7, 11) is 0. The molecule has 0 amide bonds. The van der Waals surface area contributed by atoms with Crippen molar-refractivity contribution < 1.29 is 4.74 Å². The van der Waals surface area contributed by atoms with Crippen molar-refractivity contribution in [2.24, 2.45) is 5.92 Å².